The number of nitrogens with zero attached hydrogens (tertiary/aromatic N) is 1. The number of ether oxygens (including phenoxy) is 1. The van der Waals surface area contributed by atoms with Crippen molar-refractivity contribution >= 4 is 17.3 Å². The van der Waals surface area contributed by atoms with Gasteiger partial charge in [0, 0.05) is 12.1 Å². The summed E-state index contributed by atoms with van der Waals surface area (Å²) in [5.74, 6) is -0.492. The van der Waals surface area contributed by atoms with Crippen LogP contribution in [0.1, 0.15) is 0 Å². The van der Waals surface area contributed by atoms with Crippen LogP contribution >= 0.6 is 11.6 Å². The van der Waals surface area contributed by atoms with E-state index in [9.17, 15) is 14.5 Å². The average molecular weight is 268 g/mol. The summed E-state index contributed by atoms with van der Waals surface area (Å²) >= 11 is 5.82. The van der Waals surface area contributed by atoms with Gasteiger partial charge >= 0.3 is 5.69 Å². The first-order chi connectivity index (χ1) is 8.58. The average Bonchev–Trinajstić information content (AvgIpc) is 2.34. The number of para-hydroxylation sites is 2. The van der Waals surface area contributed by atoms with Crippen molar-refractivity contribution in [3.8, 4) is 11.5 Å². The molecule has 0 saturated heterocycles. The Labute approximate surface area is 107 Å². The lowest BCUT2D eigenvalue weighted by Gasteiger charge is -2.07. The van der Waals surface area contributed by atoms with Gasteiger partial charge in [-0.05, 0) is 18.2 Å². The summed E-state index contributed by atoms with van der Waals surface area (Å²) in [6.07, 6.45) is 0. The zero-order valence-electron chi connectivity index (χ0n) is 8.97. The molecular weight excluding hydrogens is 261 g/mol. The third kappa shape index (κ3) is 2.57. The number of hydrogen-bond donors (Lipinski definition) is 0. The minimum atomic E-state index is -0.581. The van der Waals surface area contributed by atoms with Crippen LogP contribution in [0.25, 0.3) is 0 Å². The quantitative estimate of drug-likeness (QED) is 0.619. The molecule has 0 aliphatic rings. The highest BCUT2D eigenvalue weighted by Crippen LogP contribution is 2.34. The molecule has 0 saturated carbocycles. The lowest BCUT2D eigenvalue weighted by molar-refractivity contribution is -0.385. The van der Waals surface area contributed by atoms with Crippen molar-refractivity contribution in [1.29, 1.82) is 0 Å². The maximum atomic E-state index is 13.0. The van der Waals surface area contributed by atoms with Crippen molar-refractivity contribution in [2.75, 3.05) is 0 Å². The maximum Gasteiger partial charge on any atom is 0.311 e. The predicted molar refractivity (Wildman–Crippen MR) is 64.6 cm³/mol. The van der Waals surface area contributed by atoms with Gasteiger partial charge in [-0.2, -0.15) is 0 Å². The molecule has 2 rings (SSSR count). The van der Waals surface area contributed by atoms with Crippen LogP contribution in [0, 0.1) is 15.9 Å². The van der Waals surface area contributed by atoms with Crippen LogP contribution in [0.15, 0.2) is 42.5 Å². The molecule has 18 heavy (non-hydrogen) atoms. The topological polar surface area (TPSA) is 52.4 Å². The van der Waals surface area contributed by atoms with Crippen LogP contribution in [0.4, 0.5) is 10.1 Å². The Kier molecular flexibility index (Phi) is 3.43. The van der Waals surface area contributed by atoms with Crippen LogP contribution in [0.5, 0.6) is 11.5 Å². The summed E-state index contributed by atoms with van der Waals surface area (Å²) in [5.41, 5.74) is -0.210. The van der Waals surface area contributed by atoms with Crippen LogP contribution in [0.3, 0.4) is 0 Å². The van der Waals surface area contributed by atoms with Crippen molar-refractivity contribution in [1.82, 2.24) is 0 Å². The molecule has 6 heteroatoms. The fourth-order valence-corrected chi connectivity index (χ4v) is 1.52. The minimum Gasteiger partial charge on any atom is -0.448 e. The Balaban J connectivity index is 2.40. The minimum absolute atomic E-state index is 0.00926. The van der Waals surface area contributed by atoms with Gasteiger partial charge < -0.3 is 4.74 Å². The fraction of sp³-hybridized carbons (Fsp3) is 0. The van der Waals surface area contributed by atoms with E-state index in [1.54, 1.807) is 6.07 Å². The molecule has 0 aliphatic carbocycles. The number of halogens is 2. The van der Waals surface area contributed by atoms with E-state index in [1.165, 1.54) is 30.3 Å². The van der Waals surface area contributed by atoms with E-state index in [2.05, 4.69) is 0 Å². The molecule has 0 aliphatic heterocycles. The summed E-state index contributed by atoms with van der Waals surface area (Å²) in [6, 6.07) is 9.37. The van der Waals surface area contributed by atoms with E-state index in [1.807, 2.05) is 0 Å². The molecule has 0 radical (unpaired) electrons. The third-order valence-corrected chi connectivity index (χ3v) is 2.49. The summed E-state index contributed by atoms with van der Waals surface area (Å²) < 4.78 is 18.3. The largest absolute Gasteiger partial charge is 0.448 e. The number of nitro benzene ring substituents is 1. The van der Waals surface area contributed by atoms with E-state index < -0.39 is 10.7 Å². The van der Waals surface area contributed by atoms with Gasteiger partial charge in [0.2, 0.25) is 5.75 Å². The molecule has 0 heterocycles. The predicted octanol–water partition coefficient (Wildman–Crippen LogP) is 4.18. The van der Waals surface area contributed by atoms with Crippen molar-refractivity contribution in [2.45, 2.75) is 0 Å². The molecular formula is C12H7ClFNO3. The molecule has 92 valence electrons. The molecule has 2 aromatic carbocycles. The Bertz CT molecular complexity index is 604. The van der Waals surface area contributed by atoms with E-state index in [4.69, 9.17) is 16.3 Å². The first-order valence-corrected chi connectivity index (χ1v) is 5.32. The van der Waals surface area contributed by atoms with E-state index in [-0.39, 0.29) is 22.2 Å². The summed E-state index contributed by atoms with van der Waals surface area (Å²) in [7, 11) is 0. The third-order valence-electron chi connectivity index (χ3n) is 2.18. The zero-order valence-corrected chi connectivity index (χ0v) is 9.73. The van der Waals surface area contributed by atoms with Gasteiger partial charge in [-0.1, -0.05) is 23.7 Å². The standard InChI is InChI=1S/C12H7ClFNO3/c13-9-6-5-8(14)7-12(9)18-11-4-2-1-3-10(11)15(16)17/h1-7H. The highest BCUT2D eigenvalue weighted by atomic mass is 35.5. The van der Waals surface area contributed by atoms with Crippen LogP contribution in [0.2, 0.25) is 5.02 Å². The molecule has 0 aromatic heterocycles. The Morgan fingerprint density at radius 1 is 1.17 bits per heavy atom. The lowest BCUT2D eigenvalue weighted by atomic mass is 10.3. The molecule has 0 atom stereocenters. The molecule has 0 spiro atoms. The van der Waals surface area contributed by atoms with E-state index >= 15 is 0 Å². The summed E-state index contributed by atoms with van der Waals surface area (Å²) in [4.78, 5) is 10.2. The van der Waals surface area contributed by atoms with Gasteiger partial charge in [0.1, 0.15) is 11.6 Å². The fourth-order valence-electron chi connectivity index (χ4n) is 1.37. The first kappa shape index (κ1) is 12.3. The van der Waals surface area contributed by atoms with Gasteiger partial charge in [0.05, 0.1) is 9.95 Å². The molecule has 0 amide bonds. The Hall–Kier alpha value is -2.14. The monoisotopic (exact) mass is 267 g/mol. The van der Waals surface area contributed by atoms with Crippen molar-refractivity contribution in [2.24, 2.45) is 0 Å². The lowest BCUT2D eigenvalue weighted by Crippen LogP contribution is -1.93. The van der Waals surface area contributed by atoms with Gasteiger partial charge in [0.25, 0.3) is 0 Å². The molecule has 0 unspecified atom stereocenters. The summed E-state index contributed by atoms with van der Waals surface area (Å²) in [5, 5.41) is 11.0. The Morgan fingerprint density at radius 2 is 1.89 bits per heavy atom. The van der Waals surface area contributed by atoms with Gasteiger partial charge in [-0.3, -0.25) is 10.1 Å². The number of rotatable bonds is 3. The van der Waals surface area contributed by atoms with Crippen molar-refractivity contribution < 1.29 is 14.1 Å². The smallest absolute Gasteiger partial charge is 0.311 e. The van der Waals surface area contributed by atoms with E-state index in [0.717, 1.165) is 6.07 Å². The molecule has 2 aromatic rings. The van der Waals surface area contributed by atoms with Gasteiger partial charge in [0.15, 0.2) is 0 Å². The number of hydrogen-bond acceptors (Lipinski definition) is 3. The second-order valence-corrected chi connectivity index (χ2v) is 3.81. The van der Waals surface area contributed by atoms with Crippen LogP contribution < -0.4 is 4.74 Å². The normalized spacial score (nSPS) is 10.1. The highest BCUT2D eigenvalue weighted by Gasteiger charge is 2.15. The second-order valence-electron chi connectivity index (χ2n) is 3.40. The van der Waals surface area contributed by atoms with Crippen molar-refractivity contribution in [3.05, 3.63) is 63.4 Å². The Morgan fingerprint density at radius 3 is 2.61 bits per heavy atom. The highest BCUT2D eigenvalue weighted by molar-refractivity contribution is 6.32. The van der Waals surface area contributed by atoms with Crippen molar-refractivity contribution in [3.63, 3.8) is 0 Å². The molecule has 0 N–H and O–H groups in total. The van der Waals surface area contributed by atoms with Crippen LogP contribution in [-0.2, 0) is 0 Å². The first-order valence-electron chi connectivity index (χ1n) is 4.94. The molecule has 0 bridgehead atoms. The second kappa shape index (κ2) is 5.01. The molecule has 4 nitrogen and oxygen atoms in total. The van der Waals surface area contributed by atoms with Gasteiger partial charge in [-0.25, -0.2) is 4.39 Å². The number of benzene rings is 2. The number of nitro groups is 1. The summed E-state index contributed by atoms with van der Waals surface area (Å²) in [6.45, 7) is 0. The zero-order chi connectivity index (χ0) is 13.1. The van der Waals surface area contributed by atoms with E-state index in [0.29, 0.717) is 0 Å². The maximum absolute atomic E-state index is 13.0. The molecule has 0 fully saturated rings. The van der Waals surface area contributed by atoms with Gasteiger partial charge in [-0.15, -0.1) is 0 Å². The SMILES string of the molecule is O=[N+]([O-])c1ccccc1Oc1cc(F)ccc1Cl. The van der Waals surface area contributed by atoms with Crippen LogP contribution in [-0.4, -0.2) is 4.92 Å².